The zero-order valence-electron chi connectivity index (χ0n) is 14.6. The monoisotopic (exact) mass is 338 g/mol. The first-order chi connectivity index (χ1) is 11.8. The van der Waals surface area contributed by atoms with Gasteiger partial charge in [0.1, 0.15) is 0 Å². The van der Waals surface area contributed by atoms with Gasteiger partial charge >= 0.3 is 0 Å². The molecule has 0 saturated carbocycles. The van der Waals surface area contributed by atoms with E-state index in [1.807, 2.05) is 31.2 Å². The summed E-state index contributed by atoms with van der Waals surface area (Å²) in [6, 6.07) is 14.1. The number of ketones is 1. The predicted octanol–water partition coefficient (Wildman–Crippen LogP) is 3.40. The Morgan fingerprint density at radius 1 is 1.00 bits per heavy atom. The highest BCUT2D eigenvalue weighted by Gasteiger charge is 2.17. The summed E-state index contributed by atoms with van der Waals surface area (Å²) in [5, 5.41) is 5.59. The molecule has 0 radical (unpaired) electrons. The van der Waals surface area contributed by atoms with E-state index in [2.05, 4.69) is 10.6 Å². The van der Waals surface area contributed by atoms with Crippen LogP contribution in [0.3, 0.4) is 0 Å². The van der Waals surface area contributed by atoms with Gasteiger partial charge in [-0.25, -0.2) is 0 Å². The molecule has 5 heteroatoms. The molecule has 2 aromatic rings. The van der Waals surface area contributed by atoms with Gasteiger partial charge in [-0.2, -0.15) is 0 Å². The van der Waals surface area contributed by atoms with E-state index < -0.39 is 6.04 Å². The SMILES string of the molecule is CC(=O)N[C@H](CC(=O)Nc1cccc(C(C)=O)c1)c1ccc(C)cc1. The first-order valence-electron chi connectivity index (χ1n) is 8.09. The summed E-state index contributed by atoms with van der Waals surface area (Å²) < 4.78 is 0. The maximum Gasteiger partial charge on any atom is 0.226 e. The number of rotatable bonds is 6. The molecule has 0 heterocycles. The van der Waals surface area contributed by atoms with Crippen molar-refractivity contribution in [3.05, 3.63) is 65.2 Å². The molecule has 1 atom stereocenters. The number of aryl methyl sites for hydroxylation is 1. The first-order valence-corrected chi connectivity index (χ1v) is 8.09. The van der Waals surface area contributed by atoms with Crippen LogP contribution in [0, 0.1) is 6.92 Å². The number of Topliss-reactive ketones (excluding diaryl/α,β-unsaturated/α-hetero) is 1. The van der Waals surface area contributed by atoms with E-state index in [0.29, 0.717) is 11.3 Å². The number of benzene rings is 2. The van der Waals surface area contributed by atoms with E-state index in [1.54, 1.807) is 24.3 Å². The molecule has 2 rings (SSSR count). The molecule has 2 aromatic carbocycles. The quantitative estimate of drug-likeness (QED) is 0.793. The molecule has 25 heavy (non-hydrogen) atoms. The lowest BCUT2D eigenvalue weighted by atomic mass is 10.0. The predicted molar refractivity (Wildman–Crippen MR) is 97.4 cm³/mol. The maximum absolute atomic E-state index is 12.4. The molecule has 5 nitrogen and oxygen atoms in total. The van der Waals surface area contributed by atoms with Crippen molar-refractivity contribution in [3.8, 4) is 0 Å². The Hall–Kier alpha value is -2.95. The smallest absolute Gasteiger partial charge is 0.226 e. The van der Waals surface area contributed by atoms with E-state index in [0.717, 1.165) is 11.1 Å². The molecular weight excluding hydrogens is 316 g/mol. The van der Waals surface area contributed by atoms with Crippen LogP contribution >= 0.6 is 0 Å². The first kappa shape index (κ1) is 18.4. The fraction of sp³-hybridized carbons (Fsp3) is 0.250. The Kier molecular flexibility index (Phi) is 6.06. The fourth-order valence-corrected chi connectivity index (χ4v) is 2.51. The van der Waals surface area contributed by atoms with Gasteiger partial charge in [-0.05, 0) is 31.5 Å². The van der Waals surface area contributed by atoms with E-state index in [9.17, 15) is 14.4 Å². The van der Waals surface area contributed by atoms with Crippen LogP contribution in [0.2, 0.25) is 0 Å². The summed E-state index contributed by atoms with van der Waals surface area (Å²) >= 11 is 0. The molecule has 0 bridgehead atoms. The molecule has 0 saturated heterocycles. The Bertz CT molecular complexity index is 782. The standard InChI is InChI=1S/C20H22N2O3/c1-13-7-9-16(10-8-13)19(21-15(3)24)12-20(25)22-18-6-4-5-17(11-18)14(2)23/h4-11,19H,12H2,1-3H3,(H,21,24)(H,22,25)/t19-/m1/s1. The van der Waals surface area contributed by atoms with Crippen molar-refractivity contribution in [1.29, 1.82) is 0 Å². The molecule has 0 unspecified atom stereocenters. The van der Waals surface area contributed by atoms with Crippen LogP contribution in [0.5, 0.6) is 0 Å². The van der Waals surface area contributed by atoms with Gasteiger partial charge in [0.25, 0.3) is 0 Å². The van der Waals surface area contributed by atoms with Gasteiger partial charge in [-0.3, -0.25) is 14.4 Å². The molecule has 0 aliphatic rings. The molecule has 0 spiro atoms. The second-order valence-corrected chi connectivity index (χ2v) is 6.05. The number of anilines is 1. The average Bonchev–Trinajstić information content (AvgIpc) is 2.54. The average molecular weight is 338 g/mol. The van der Waals surface area contributed by atoms with Gasteiger partial charge in [-0.15, -0.1) is 0 Å². The third-order valence-corrected chi connectivity index (χ3v) is 3.80. The molecule has 0 aliphatic carbocycles. The van der Waals surface area contributed by atoms with Crippen LogP contribution in [0.25, 0.3) is 0 Å². The van der Waals surface area contributed by atoms with Crippen LogP contribution in [0.1, 0.15) is 47.8 Å². The van der Waals surface area contributed by atoms with Crippen molar-refractivity contribution in [2.45, 2.75) is 33.2 Å². The van der Waals surface area contributed by atoms with Crippen molar-refractivity contribution < 1.29 is 14.4 Å². The third-order valence-electron chi connectivity index (χ3n) is 3.80. The number of carbonyl (C=O) groups excluding carboxylic acids is 3. The molecule has 0 aliphatic heterocycles. The van der Waals surface area contributed by atoms with Crippen LogP contribution in [-0.4, -0.2) is 17.6 Å². The van der Waals surface area contributed by atoms with Crippen LogP contribution in [0.15, 0.2) is 48.5 Å². The number of hydrogen-bond donors (Lipinski definition) is 2. The fourth-order valence-electron chi connectivity index (χ4n) is 2.51. The second-order valence-electron chi connectivity index (χ2n) is 6.05. The van der Waals surface area contributed by atoms with Gasteiger partial charge in [0, 0.05) is 18.2 Å². The van der Waals surface area contributed by atoms with Crippen LogP contribution in [0.4, 0.5) is 5.69 Å². The van der Waals surface area contributed by atoms with Gasteiger partial charge in [0.15, 0.2) is 5.78 Å². The van der Waals surface area contributed by atoms with Gasteiger partial charge in [0.05, 0.1) is 12.5 Å². The van der Waals surface area contributed by atoms with E-state index >= 15 is 0 Å². The highest BCUT2D eigenvalue weighted by molar-refractivity contribution is 5.97. The van der Waals surface area contributed by atoms with Crippen molar-refractivity contribution in [2.24, 2.45) is 0 Å². The van der Waals surface area contributed by atoms with E-state index in [4.69, 9.17) is 0 Å². The van der Waals surface area contributed by atoms with Gasteiger partial charge in [0.2, 0.25) is 11.8 Å². The number of amides is 2. The van der Waals surface area contributed by atoms with Crippen molar-refractivity contribution >= 4 is 23.3 Å². The lowest BCUT2D eigenvalue weighted by Gasteiger charge is -2.18. The van der Waals surface area contributed by atoms with Crippen molar-refractivity contribution in [2.75, 3.05) is 5.32 Å². The number of nitrogens with one attached hydrogen (secondary N) is 2. The molecule has 0 fully saturated rings. The molecule has 2 amide bonds. The summed E-state index contributed by atoms with van der Waals surface area (Å²) in [6.07, 6.45) is 0.104. The van der Waals surface area contributed by atoms with Crippen molar-refractivity contribution in [3.63, 3.8) is 0 Å². The number of carbonyl (C=O) groups is 3. The van der Waals surface area contributed by atoms with E-state index in [-0.39, 0.29) is 24.0 Å². The Balaban J connectivity index is 2.11. The highest BCUT2D eigenvalue weighted by Crippen LogP contribution is 2.19. The number of hydrogen-bond acceptors (Lipinski definition) is 3. The summed E-state index contributed by atoms with van der Waals surface area (Å²) in [5.74, 6) is -0.496. The minimum Gasteiger partial charge on any atom is -0.349 e. The minimum atomic E-state index is -0.408. The summed E-state index contributed by atoms with van der Waals surface area (Å²) in [5.41, 5.74) is 3.07. The third kappa shape index (κ3) is 5.57. The largest absolute Gasteiger partial charge is 0.349 e. The normalized spacial score (nSPS) is 11.5. The zero-order valence-corrected chi connectivity index (χ0v) is 14.6. The second kappa shape index (κ2) is 8.24. The molecular formula is C20H22N2O3. The van der Waals surface area contributed by atoms with Gasteiger partial charge in [-0.1, -0.05) is 42.0 Å². The Morgan fingerprint density at radius 3 is 2.28 bits per heavy atom. The minimum absolute atomic E-state index is 0.0631. The summed E-state index contributed by atoms with van der Waals surface area (Å²) in [4.78, 5) is 35.3. The molecule has 0 aromatic heterocycles. The van der Waals surface area contributed by atoms with Crippen LogP contribution < -0.4 is 10.6 Å². The topological polar surface area (TPSA) is 75.3 Å². The lowest BCUT2D eigenvalue weighted by Crippen LogP contribution is -2.29. The summed E-state index contributed by atoms with van der Waals surface area (Å²) in [7, 11) is 0. The molecule has 2 N–H and O–H groups in total. The zero-order chi connectivity index (χ0) is 18.4. The molecule has 130 valence electrons. The highest BCUT2D eigenvalue weighted by atomic mass is 16.2. The summed E-state index contributed by atoms with van der Waals surface area (Å²) in [6.45, 7) is 4.88. The van der Waals surface area contributed by atoms with E-state index in [1.165, 1.54) is 13.8 Å². The van der Waals surface area contributed by atoms with Gasteiger partial charge < -0.3 is 10.6 Å². The maximum atomic E-state index is 12.4. The Labute approximate surface area is 147 Å². The lowest BCUT2D eigenvalue weighted by molar-refractivity contribution is -0.120. The van der Waals surface area contributed by atoms with Crippen molar-refractivity contribution in [1.82, 2.24) is 5.32 Å². The Morgan fingerprint density at radius 2 is 1.68 bits per heavy atom. The van der Waals surface area contributed by atoms with Crippen LogP contribution in [-0.2, 0) is 9.59 Å².